The molecule has 0 aromatic heterocycles. The fourth-order valence-electron chi connectivity index (χ4n) is 2.99. The van der Waals surface area contributed by atoms with Crippen molar-refractivity contribution in [1.82, 2.24) is 0 Å². The van der Waals surface area contributed by atoms with Gasteiger partial charge in [0.15, 0.2) is 8.32 Å². The van der Waals surface area contributed by atoms with Crippen LogP contribution >= 0.6 is 0 Å². The Morgan fingerprint density at radius 1 is 0.545 bits per heavy atom. The van der Waals surface area contributed by atoms with E-state index in [1.165, 1.54) is 95.9 Å². The van der Waals surface area contributed by atoms with E-state index in [1.54, 1.807) is 0 Å². The Hall–Kier alpha value is 0.177. The smallest absolute Gasteiger partial charge is 0.186 e. The number of unbranched alkanes of at least 4 members (excludes halogenated alkanes) is 12. The molecule has 22 heavy (non-hydrogen) atoms. The molecule has 0 bridgehead atoms. The van der Waals surface area contributed by atoms with Crippen molar-refractivity contribution in [1.29, 1.82) is 0 Å². The summed E-state index contributed by atoms with van der Waals surface area (Å²) >= 11 is 0. The molecule has 0 aliphatic heterocycles. The number of hydrogen-bond donors (Lipinski definition) is 0. The fourth-order valence-corrected chi connectivity index (χ4v) is 4.93. The Morgan fingerprint density at radius 3 is 1.45 bits per heavy atom. The van der Waals surface area contributed by atoms with E-state index in [1.807, 2.05) is 0 Å². The zero-order valence-corrected chi connectivity index (χ0v) is 17.2. The summed E-state index contributed by atoms with van der Waals surface area (Å²) in [5.41, 5.74) is 0. The topological polar surface area (TPSA) is 9.23 Å². The molecule has 0 saturated carbocycles. The van der Waals surface area contributed by atoms with Gasteiger partial charge in [0.05, 0.1) is 0 Å². The second-order valence-electron chi connectivity index (χ2n) is 7.60. The van der Waals surface area contributed by atoms with Crippen LogP contribution in [0.1, 0.15) is 104 Å². The maximum Gasteiger partial charge on any atom is 0.186 e. The Morgan fingerprint density at radius 2 is 0.955 bits per heavy atom. The van der Waals surface area contributed by atoms with Crippen LogP contribution in [0.3, 0.4) is 0 Å². The van der Waals surface area contributed by atoms with Gasteiger partial charge >= 0.3 is 0 Å². The molecule has 0 atom stereocenters. The van der Waals surface area contributed by atoms with Crippen molar-refractivity contribution in [3.63, 3.8) is 0 Å². The average Bonchev–Trinajstić information content (AvgIpc) is 2.49. The van der Waals surface area contributed by atoms with Crippen molar-refractivity contribution >= 4 is 8.32 Å². The Kier molecular flexibility index (Phi) is 16.2. The molecule has 0 fully saturated rings. The van der Waals surface area contributed by atoms with Crippen LogP contribution in [0.25, 0.3) is 0 Å². The molecule has 0 N–H and O–H groups in total. The van der Waals surface area contributed by atoms with Gasteiger partial charge in [0.1, 0.15) is 0 Å². The highest BCUT2D eigenvalue weighted by atomic mass is 28.4. The number of hydrogen-bond acceptors (Lipinski definition) is 1. The lowest BCUT2D eigenvalue weighted by Gasteiger charge is -2.22. The largest absolute Gasteiger partial charge is 0.417 e. The zero-order valence-electron chi connectivity index (χ0n) is 16.2. The lowest BCUT2D eigenvalue weighted by Crippen LogP contribution is -2.30. The molecule has 0 heterocycles. The highest BCUT2D eigenvalue weighted by Crippen LogP contribution is 2.18. The molecule has 1 nitrogen and oxygen atoms in total. The third-order valence-electron chi connectivity index (χ3n) is 4.62. The SMILES string of the molecule is CCCCCCCCCCO[Si](C)(C)CCCCCCCC. The van der Waals surface area contributed by atoms with E-state index in [0.717, 1.165) is 6.61 Å². The van der Waals surface area contributed by atoms with E-state index in [0.29, 0.717) is 0 Å². The summed E-state index contributed by atoms with van der Waals surface area (Å²) in [4.78, 5) is 0. The first-order chi connectivity index (χ1) is 10.6. The first-order valence-corrected chi connectivity index (χ1v) is 13.4. The highest BCUT2D eigenvalue weighted by Gasteiger charge is 2.21. The molecule has 0 radical (unpaired) electrons. The highest BCUT2D eigenvalue weighted by molar-refractivity contribution is 6.71. The Labute approximate surface area is 142 Å². The maximum absolute atomic E-state index is 6.24. The summed E-state index contributed by atoms with van der Waals surface area (Å²) in [6, 6.07) is 1.36. The first kappa shape index (κ1) is 22.2. The molecular formula is C20H44OSi. The quantitative estimate of drug-likeness (QED) is 0.196. The maximum atomic E-state index is 6.24. The van der Waals surface area contributed by atoms with Crippen molar-refractivity contribution in [2.75, 3.05) is 6.61 Å². The standard InChI is InChI=1S/C20H44OSi/c1-5-7-9-11-13-14-15-17-19-21-22(3,4)20-18-16-12-10-8-6-2/h5-20H2,1-4H3. The average molecular weight is 329 g/mol. The summed E-state index contributed by atoms with van der Waals surface area (Å²) in [6.07, 6.45) is 19.6. The molecule has 0 amide bonds. The molecular weight excluding hydrogens is 284 g/mol. The van der Waals surface area contributed by atoms with Gasteiger partial charge in [-0.3, -0.25) is 0 Å². The lowest BCUT2D eigenvalue weighted by atomic mass is 10.1. The van der Waals surface area contributed by atoms with Gasteiger partial charge in [-0.1, -0.05) is 97.3 Å². The van der Waals surface area contributed by atoms with E-state index in [-0.39, 0.29) is 0 Å². The summed E-state index contributed by atoms with van der Waals surface area (Å²) in [7, 11) is -1.36. The minimum Gasteiger partial charge on any atom is -0.417 e. The van der Waals surface area contributed by atoms with Crippen LogP contribution in [0, 0.1) is 0 Å². The van der Waals surface area contributed by atoms with Crippen molar-refractivity contribution in [3.05, 3.63) is 0 Å². The van der Waals surface area contributed by atoms with E-state index in [9.17, 15) is 0 Å². The molecule has 134 valence electrons. The third kappa shape index (κ3) is 16.5. The summed E-state index contributed by atoms with van der Waals surface area (Å²) in [6.45, 7) is 10.4. The van der Waals surface area contributed by atoms with Gasteiger partial charge < -0.3 is 4.43 Å². The monoisotopic (exact) mass is 328 g/mol. The molecule has 0 aromatic carbocycles. The fraction of sp³-hybridized carbons (Fsp3) is 1.00. The van der Waals surface area contributed by atoms with Crippen LogP contribution in [0.15, 0.2) is 0 Å². The van der Waals surface area contributed by atoms with Crippen LogP contribution in [0.2, 0.25) is 19.1 Å². The normalized spacial score (nSPS) is 12.0. The number of rotatable bonds is 17. The molecule has 0 aromatic rings. The molecule has 0 saturated heterocycles. The van der Waals surface area contributed by atoms with Crippen molar-refractivity contribution in [3.8, 4) is 0 Å². The van der Waals surface area contributed by atoms with Gasteiger partial charge in [-0.05, 0) is 25.6 Å². The van der Waals surface area contributed by atoms with Gasteiger partial charge in [-0.25, -0.2) is 0 Å². The van der Waals surface area contributed by atoms with Crippen LogP contribution in [-0.2, 0) is 4.43 Å². The van der Waals surface area contributed by atoms with Gasteiger partial charge in [-0.2, -0.15) is 0 Å². The minimum atomic E-state index is -1.36. The molecule has 0 unspecified atom stereocenters. The minimum absolute atomic E-state index is 1.02. The van der Waals surface area contributed by atoms with Crippen LogP contribution in [0.4, 0.5) is 0 Å². The van der Waals surface area contributed by atoms with Crippen LogP contribution < -0.4 is 0 Å². The zero-order chi connectivity index (χ0) is 16.5. The van der Waals surface area contributed by atoms with Crippen LogP contribution in [0.5, 0.6) is 0 Å². The second-order valence-corrected chi connectivity index (χ2v) is 11.9. The van der Waals surface area contributed by atoms with Gasteiger partial charge in [-0.15, -0.1) is 0 Å². The third-order valence-corrected chi connectivity index (χ3v) is 7.17. The summed E-state index contributed by atoms with van der Waals surface area (Å²) < 4.78 is 6.24. The molecule has 2 heteroatoms. The van der Waals surface area contributed by atoms with E-state index >= 15 is 0 Å². The van der Waals surface area contributed by atoms with E-state index in [2.05, 4.69) is 26.9 Å². The predicted molar refractivity (Wildman–Crippen MR) is 104 cm³/mol. The van der Waals surface area contributed by atoms with Crippen molar-refractivity contribution in [2.45, 2.75) is 123 Å². The second kappa shape index (κ2) is 16.0. The Bertz CT molecular complexity index is 216. The Balaban J connectivity index is 3.32. The van der Waals surface area contributed by atoms with E-state index in [4.69, 9.17) is 4.43 Å². The summed E-state index contributed by atoms with van der Waals surface area (Å²) in [5.74, 6) is 0. The van der Waals surface area contributed by atoms with Crippen molar-refractivity contribution < 1.29 is 4.43 Å². The first-order valence-electron chi connectivity index (χ1n) is 10.3. The van der Waals surface area contributed by atoms with Gasteiger partial charge in [0.2, 0.25) is 0 Å². The molecule has 0 aliphatic carbocycles. The molecule has 0 rings (SSSR count). The van der Waals surface area contributed by atoms with Crippen LogP contribution in [-0.4, -0.2) is 14.9 Å². The van der Waals surface area contributed by atoms with E-state index < -0.39 is 8.32 Å². The van der Waals surface area contributed by atoms with Crippen molar-refractivity contribution in [2.24, 2.45) is 0 Å². The molecule has 0 spiro atoms. The van der Waals surface area contributed by atoms with Gasteiger partial charge in [0, 0.05) is 6.61 Å². The molecule has 0 aliphatic rings. The summed E-state index contributed by atoms with van der Waals surface area (Å²) in [5, 5.41) is 0. The predicted octanol–water partition coefficient (Wildman–Crippen LogP) is 7.71. The van der Waals surface area contributed by atoms with Gasteiger partial charge in [0.25, 0.3) is 0 Å². The lowest BCUT2D eigenvalue weighted by molar-refractivity contribution is 0.293.